The Balaban J connectivity index is 2.11. The number of H-pyrrole nitrogens is 1. The van der Waals surface area contributed by atoms with Gasteiger partial charge in [0.25, 0.3) is 5.56 Å². The fourth-order valence-corrected chi connectivity index (χ4v) is 3.08. The van der Waals surface area contributed by atoms with E-state index < -0.39 is 0 Å². The van der Waals surface area contributed by atoms with Gasteiger partial charge in [-0.3, -0.25) is 4.79 Å². The van der Waals surface area contributed by atoms with Gasteiger partial charge in [0, 0.05) is 11.3 Å². The van der Waals surface area contributed by atoms with Gasteiger partial charge >= 0.3 is 0 Å². The lowest BCUT2D eigenvalue weighted by Gasteiger charge is -2.17. The number of thioether (sulfide) groups is 1. The zero-order valence-corrected chi connectivity index (χ0v) is 11.5. The fourth-order valence-electron chi connectivity index (χ4n) is 1.40. The van der Waals surface area contributed by atoms with Gasteiger partial charge in [-0.15, -0.1) is 11.3 Å². The molecule has 2 heterocycles. The maximum atomic E-state index is 11.7. The summed E-state index contributed by atoms with van der Waals surface area (Å²) in [5.74, 6) is 2.23. The molecule has 2 aromatic rings. The Hall–Kier alpha value is -0.850. The summed E-state index contributed by atoms with van der Waals surface area (Å²) in [6.07, 6.45) is 0. The van der Waals surface area contributed by atoms with Gasteiger partial charge in [-0.2, -0.15) is 11.8 Å². The molecule has 0 aliphatic heterocycles. The average molecular weight is 269 g/mol. The zero-order valence-electron chi connectivity index (χ0n) is 9.82. The van der Waals surface area contributed by atoms with Crippen molar-refractivity contribution in [3.8, 4) is 0 Å². The van der Waals surface area contributed by atoms with Gasteiger partial charge in [-0.1, -0.05) is 0 Å². The summed E-state index contributed by atoms with van der Waals surface area (Å²) in [6.45, 7) is 3.97. The van der Waals surface area contributed by atoms with Crippen LogP contribution in [-0.4, -0.2) is 21.3 Å². The summed E-state index contributed by atoms with van der Waals surface area (Å²) in [5.41, 5.74) is 6.43. The number of fused-ring (bicyclic) bond motifs is 1. The lowest BCUT2D eigenvalue weighted by atomic mass is 10.1. The molecule has 0 saturated heterocycles. The molecule has 6 heteroatoms. The first-order chi connectivity index (χ1) is 7.96. The van der Waals surface area contributed by atoms with Gasteiger partial charge in [0.2, 0.25) is 0 Å². The Morgan fingerprint density at radius 1 is 1.59 bits per heavy atom. The van der Waals surface area contributed by atoms with Crippen LogP contribution in [-0.2, 0) is 5.75 Å². The van der Waals surface area contributed by atoms with Gasteiger partial charge < -0.3 is 10.7 Å². The highest BCUT2D eigenvalue weighted by Crippen LogP contribution is 2.17. The minimum absolute atomic E-state index is 0.0485. The molecule has 0 aliphatic carbocycles. The van der Waals surface area contributed by atoms with Crippen molar-refractivity contribution in [2.75, 3.05) is 5.75 Å². The second-order valence-corrected chi connectivity index (χ2v) is 6.53. The maximum absolute atomic E-state index is 11.7. The van der Waals surface area contributed by atoms with Crippen LogP contribution in [0.5, 0.6) is 0 Å². The first-order valence-electron chi connectivity index (χ1n) is 5.29. The van der Waals surface area contributed by atoms with E-state index in [1.807, 2.05) is 25.3 Å². The minimum atomic E-state index is -0.197. The molecule has 0 aliphatic rings. The molecule has 0 spiro atoms. The molecule has 2 aromatic heterocycles. The van der Waals surface area contributed by atoms with Crippen LogP contribution in [0.25, 0.3) is 10.2 Å². The molecule has 3 N–H and O–H groups in total. The number of nitrogens with zero attached hydrogens (tertiary/aromatic N) is 1. The molecular formula is C11H15N3OS2. The van der Waals surface area contributed by atoms with Crippen LogP contribution in [0.2, 0.25) is 0 Å². The molecule has 2 rings (SSSR count). The molecule has 92 valence electrons. The molecule has 4 nitrogen and oxygen atoms in total. The summed E-state index contributed by atoms with van der Waals surface area (Å²) in [6, 6.07) is 1.87. The summed E-state index contributed by atoms with van der Waals surface area (Å²) < 4.78 is 0.693. The van der Waals surface area contributed by atoms with E-state index in [2.05, 4.69) is 9.97 Å². The van der Waals surface area contributed by atoms with Gasteiger partial charge in [-0.25, -0.2) is 4.98 Å². The second-order valence-electron chi connectivity index (χ2n) is 4.63. The van der Waals surface area contributed by atoms with E-state index in [0.717, 1.165) is 17.1 Å². The van der Waals surface area contributed by atoms with E-state index in [-0.39, 0.29) is 11.1 Å². The highest BCUT2D eigenvalue weighted by Gasteiger charge is 2.11. The van der Waals surface area contributed by atoms with Crippen molar-refractivity contribution in [2.24, 2.45) is 5.73 Å². The van der Waals surface area contributed by atoms with Crippen LogP contribution in [0.15, 0.2) is 16.2 Å². The van der Waals surface area contributed by atoms with E-state index in [4.69, 9.17) is 5.73 Å². The third-order valence-electron chi connectivity index (χ3n) is 2.08. The van der Waals surface area contributed by atoms with Gasteiger partial charge in [0.15, 0.2) is 0 Å². The van der Waals surface area contributed by atoms with Crippen molar-refractivity contribution in [1.82, 2.24) is 9.97 Å². The molecule has 0 radical (unpaired) electrons. The Kier molecular flexibility index (Phi) is 3.56. The molecule has 0 unspecified atom stereocenters. The van der Waals surface area contributed by atoms with Crippen LogP contribution in [0.4, 0.5) is 0 Å². The second kappa shape index (κ2) is 4.80. The molecule has 0 fully saturated rings. The highest BCUT2D eigenvalue weighted by molar-refractivity contribution is 7.98. The topological polar surface area (TPSA) is 71.8 Å². The lowest BCUT2D eigenvalue weighted by molar-refractivity contribution is 0.591. The molecule has 0 bridgehead atoms. The quantitative estimate of drug-likeness (QED) is 0.890. The smallest absolute Gasteiger partial charge is 0.268 e. The number of rotatable bonds is 4. The highest BCUT2D eigenvalue weighted by atomic mass is 32.2. The van der Waals surface area contributed by atoms with Crippen molar-refractivity contribution in [2.45, 2.75) is 25.1 Å². The molecule has 0 amide bonds. The zero-order chi connectivity index (χ0) is 12.5. The van der Waals surface area contributed by atoms with Crippen molar-refractivity contribution < 1.29 is 0 Å². The van der Waals surface area contributed by atoms with E-state index >= 15 is 0 Å². The Morgan fingerprint density at radius 3 is 3.06 bits per heavy atom. The molecule has 0 saturated carbocycles. The van der Waals surface area contributed by atoms with Gasteiger partial charge in [-0.05, 0) is 25.3 Å². The van der Waals surface area contributed by atoms with Crippen molar-refractivity contribution in [3.05, 3.63) is 27.6 Å². The number of aromatic amines is 1. The average Bonchev–Trinajstić information content (AvgIpc) is 2.64. The Bertz CT molecular complexity index is 568. The van der Waals surface area contributed by atoms with Crippen molar-refractivity contribution in [1.29, 1.82) is 0 Å². The number of aromatic nitrogens is 2. The normalized spacial score (nSPS) is 12.2. The summed E-state index contributed by atoms with van der Waals surface area (Å²) in [7, 11) is 0. The molecule has 0 atom stereocenters. The Morgan fingerprint density at radius 2 is 2.35 bits per heavy atom. The monoisotopic (exact) mass is 269 g/mol. The summed E-state index contributed by atoms with van der Waals surface area (Å²) in [4.78, 5) is 18.9. The van der Waals surface area contributed by atoms with Crippen LogP contribution < -0.4 is 11.3 Å². The molecule has 0 aromatic carbocycles. The van der Waals surface area contributed by atoms with Crippen LogP contribution in [0.3, 0.4) is 0 Å². The fraction of sp³-hybridized carbons (Fsp3) is 0.455. The Labute approximate surface area is 108 Å². The number of hydrogen-bond donors (Lipinski definition) is 2. The van der Waals surface area contributed by atoms with Crippen LogP contribution in [0, 0.1) is 0 Å². The van der Waals surface area contributed by atoms with E-state index in [9.17, 15) is 4.79 Å². The lowest BCUT2D eigenvalue weighted by Crippen LogP contribution is -2.34. The van der Waals surface area contributed by atoms with Gasteiger partial charge in [0.1, 0.15) is 10.5 Å². The molecule has 17 heavy (non-hydrogen) atoms. The van der Waals surface area contributed by atoms with Crippen molar-refractivity contribution >= 4 is 33.3 Å². The predicted octanol–water partition coefficient (Wildman–Crippen LogP) is 1.96. The van der Waals surface area contributed by atoms with Crippen LogP contribution >= 0.6 is 23.1 Å². The number of nitrogens with two attached hydrogens (primary N) is 1. The number of nitrogens with one attached hydrogen (secondary N) is 1. The largest absolute Gasteiger partial charge is 0.325 e. The standard InChI is InChI=1S/C11H15N3OS2/c1-11(2,12)6-16-5-8-13-7-3-4-17-9(7)10(15)14-8/h3-4H,5-6,12H2,1-2H3,(H,13,14,15). The molecular weight excluding hydrogens is 254 g/mol. The minimum Gasteiger partial charge on any atom is -0.325 e. The summed E-state index contributed by atoms with van der Waals surface area (Å²) in [5, 5.41) is 1.88. The number of hydrogen-bond acceptors (Lipinski definition) is 5. The number of thiophene rings is 1. The summed E-state index contributed by atoms with van der Waals surface area (Å²) >= 11 is 3.10. The first-order valence-corrected chi connectivity index (χ1v) is 7.32. The van der Waals surface area contributed by atoms with Gasteiger partial charge in [0.05, 0.1) is 11.3 Å². The van der Waals surface area contributed by atoms with E-state index in [1.165, 1.54) is 11.3 Å². The van der Waals surface area contributed by atoms with E-state index in [0.29, 0.717) is 10.5 Å². The van der Waals surface area contributed by atoms with E-state index in [1.54, 1.807) is 11.8 Å². The van der Waals surface area contributed by atoms with Crippen molar-refractivity contribution in [3.63, 3.8) is 0 Å². The SMILES string of the molecule is CC(C)(N)CSCc1nc2ccsc2c(=O)[nH]1. The predicted molar refractivity (Wildman–Crippen MR) is 74.7 cm³/mol. The third kappa shape index (κ3) is 3.31. The maximum Gasteiger partial charge on any atom is 0.268 e. The van der Waals surface area contributed by atoms with Crippen LogP contribution in [0.1, 0.15) is 19.7 Å². The third-order valence-corrected chi connectivity index (χ3v) is 4.40. The first kappa shape index (κ1) is 12.6.